The molecule has 2 aromatic heterocycles. The minimum absolute atomic E-state index is 0.0190. The van der Waals surface area contributed by atoms with Crippen molar-refractivity contribution in [3.8, 4) is 22.8 Å². The van der Waals surface area contributed by atoms with Crippen LogP contribution < -0.4 is 20.3 Å². The van der Waals surface area contributed by atoms with Crippen molar-refractivity contribution in [2.45, 2.75) is 25.4 Å². The third-order valence-corrected chi connectivity index (χ3v) is 6.17. The fourth-order valence-electron chi connectivity index (χ4n) is 4.29. The first-order chi connectivity index (χ1) is 18.7. The van der Waals surface area contributed by atoms with Crippen molar-refractivity contribution < 1.29 is 27.1 Å². The molecule has 3 N–H and O–H groups in total. The van der Waals surface area contributed by atoms with Crippen LogP contribution in [-0.2, 0) is 6.18 Å². The molecule has 0 bridgehead atoms. The molecule has 39 heavy (non-hydrogen) atoms. The fourth-order valence-corrected chi connectivity index (χ4v) is 4.29. The Morgan fingerprint density at radius 1 is 0.974 bits per heavy atom. The molecule has 0 unspecified atom stereocenters. The zero-order valence-corrected chi connectivity index (χ0v) is 20.6. The molecule has 5 rings (SSSR count). The van der Waals surface area contributed by atoms with E-state index in [2.05, 4.69) is 25.8 Å². The number of ether oxygens (including phenoxy) is 1. The van der Waals surface area contributed by atoms with E-state index in [-0.39, 0.29) is 17.1 Å². The number of pyridine rings is 1. The molecule has 12 heteroatoms. The Kier molecular flexibility index (Phi) is 7.35. The second-order valence-electron chi connectivity index (χ2n) is 9.00. The highest BCUT2D eigenvalue weighted by Crippen LogP contribution is 2.35. The molecule has 2 amide bonds. The number of aromatic nitrogens is 3. The molecule has 1 aliphatic rings. The number of nitrogens with one attached hydrogen (secondary N) is 3. The second-order valence-corrected chi connectivity index (χ2v) is 9.00. The van der Waals surface area contributed by atoms with Gasteiger partial charge < -0.3 is 20.3 Å². The summed E-state index contributed by atoms with van der Waals surface area (Å²) in [5, 5.41) is 11.4. The number of halogens is 4. The van der Waals surface area contributed by atoms with Crippen molar-refractivity contribution >= 4 is 23.1 Å². The summed E-state index contributed by atoms with van der Waals surface area (Å²) >= 11 is 0. The molecule has 202 valence electrons. The van der Waals surface area contributed by atoms with Crippen molar-refractivity contribution in [2.24, 2.45) is 0 Å². The lowest BCUT2D eigenvalue weighted by molar-refractivity contribution is -0.137. The quantitative estimate of drug-likeness (QED) is 0.228. The van der Waals surface area contributed by atoms with Crippen molar-refractivity contribution in [1.82, 2.24) is 15.2 Å². The molecular weight excluding hydrogens is 516 g/mol. The molecule has 1 fully saturated rings. The summed E-state index contributed by atoms with van der Waals surface area (Å²) in [6.07, 6.45) is 2.98. The van der Waals surface area contributed by atoms with Crippen molar-refractivity contribution in [3.63, 3.8) is 0 Å². The van der Waals surface area contributed by atoms with Gasteiger partial charge in [0, 0.05) is 60.2 Å². The van der Waals surface area contributed by atoms with E-state index in [0.29, 0.717) is 30.2 Å². The van der Waals surface area contributed by atoms with Gasteiger partial charge in [-0.1, -0.05) is 0 Å². The number of piperidine rings is 1. The number of aromatic amines is 1. The van der Waals surface area contributed by atoms with Crippen LogP contribution >= 0.6 is 0 Å². The fraction of sp³-hybridized carbons (Fsp3) is 0.222. The number of amides is 2. The number of alkyl halides is 3. The van der Waals surface area contributed by atoms with Crippen LogP contribution in [0.15, 0.2) is 67.1 Å². The third kappa shape index (κ3) is 6.46. The Hall–Kier alpha value is -4.61. The summed E-state index contributed by atoms with van der Waals surface area (Å²) in [6, 6.07) is 9.64. The Morgan fingerprint density at radius 2 is 1.77 bits per heavy atom. The number of carbonyl (C=O) groups is 1. The first-order valence-electron chi connectivity index (χ1n) is 12.2. The lowest BCUT2D eigenvalue weighted by atomic mass is 10.1. The minimum Gasteiger partial charge on any atom is -0.454 e. The van der Waals surface area contributed by atoms with Gasteiger partial charge in [0.2, 0.25) is 0 Å². The molecule has 0 atom stereocenters. The molecule has 4 aromatic rings. The number of hydrogen-bond acceptors (Lipinski definition) is 5. The molecule has 0 radical (unpaired) electrons. The van der Waals surface area contributed by atoms with Crippen LogP contribution in [0.1, 0.15) is 24.8 Å². The topological polar surface area (TPSA) is 95.2 Å². The van der Waals surface area contributed by atoms with Gasteiger partial charge in [-0.15, -0.1) is 0 Å². The van der Waals surface area contributed by atoms with Crippen LogP contribution in [0.4, 0.5) is 39.4 Å². The Bertz CT molecular complexity index is 1450. The van der Waals surface area contributed by atoms with Gasteiger partial charge in [-0.3, -0.25) is 10.1 Å². The average Bonchev–Trinajstić information content (AvgIpc) is 3.46. The van der Waals surface area contributed by atoms with Gasteiger partial charge >= 0.3 is 12.2 Å². The van der Waals surface area contributed by atoms with Gasteiger partial charge in [0.05, 0.1) is 17.5 Å². The third-order valence-electron chi connectivity index (χ3n) is 6.17. The van der Waals surface area contributed by atoms with E-state index >= 15 is 0 Å². The number of rotatable bonds is 6. The molecule has 1 aliphatic heterocycles. The van der Waals surface area contributed by atoms with Crippen LogP contribution in [0.5, 0.6) is 11.5 Å². The van der Waals surface area contributed by atoms with Crippen LogP contribution in [0, 0.1) is 5.82 Å². The van der Waals surface area contributed by atoms with Crippen LogP contribution in [0.3, 0.4) is 0 Å². The number of urea groups is 1. The normalized spacial score (nSPS) is 13.7. The van der Waals surface area contributed by atoms with E-state index in [1.807, 2.05) is 4.90 Å². The number of benzene rings is 2. The van der Waals surface area contributed by atoms with E-state index in [1.165, 1.54) is 24.4 Å². The molecule has 2 aromatic carbocycles. The molecule has 8 nitrogen and oxygen atoms in total. The van der Waals surface area contributed by atoms with Crippen molar-refractivity contribution in [3.05, 3.63) is 78.5 Å². The van der Waals surface area contributed by atoms with Gasteiger partial charge in [0.15, 0.2) is 11.6 Å². The molecule has 0 spiro atoms. The number of anilines is 3. The lowest BCUT2D eigenvalue weighted by Crippen LogP contribution is -2.30. The van der Waals surface area contributed by atoms with Gasteiger partial charge in [-0.25, -0.2) is 9.18 Å². The highest BCUT2D eigenvalue weighted by molar-refractivity contribution is 6.00. The Balaban J connectivity index is 1.27. The first-order valence-corrected chi connectivity index (χ1v) is 12.2. The SMILES string of the molecule is O=C(Nc1cc(N2CCCCC2)cc(C(F)(F)F)c1)Nc1ccc(Oc2ccnc(-c3cn[nH]c3)c2)c(F)c1. The largest absolute Gasteiger partial charge is 0.454 e. The zero-order chi connectivity index (χ0) is 27.4. The van der Waals surface area contributed by atoms with Gasteiger partial charge in [0.25, 0.3) is 0 Å². The smallest absolute Gasteiger partial charge is 0.416 e. The van der Waals surface area contributed by atoms with Gasteiger partial charge in [-0.05, 0) is 55.7 Å². The van der Waals surface area contributed by atoms with E-state index in [9.17, 15) is 22.4 Å². The van der Waals surface area contributed by atoms with Crippen molar-refractivity contribution in [1.29, 1.82) is 0 Å². The Morgan fingerprint density at radius 3 is 2.49 bits per heavy atom. The first kappa shape index (κ1) is 26.0. The number of nitrogens with zero attached hydrogens (tertiary/aromatic N) is 3. The number of carbonyl (C=O) groups excluding carboxylic acids is 1. The Labute approximate surface area is 221 Å². The van der Waals surface area contributed by atoms with Gasteiger partial charge in [0.1, 0.15) is 5.75 Å². The van der Waals surface area contributed by atoms with E-state index in [4.69, 9.17) is 4.74 Å². The maximum Gasteiger partial charge on any atom is 0.416 e. The summed E-state index contributed by atoms with van der Waals surface area (Å²) in [4.78, 5) is 18.7. The molecular formula is C27H24F4N6O2. The van der Waals surface area contributed by atoms with Crippen LogP contribution in [0.25, 0.3) is 11.3 Å². The standard InChI is InChI=1S/C27H24F4N6O2/c28-23-13-19(4-5-25(23)39-22-6-7-32-24(14-22)17-15-33-34-16-17)35-26(38)36-20-10-18(27(29,30)31)11-21(12-20)37-8-2-1-3-9-37/h4-7,10-16H,1-3,8-9H2,(H,33,34)(H2,35,36,38). The van der Waals surface area contributed by atoms with Gasteiger partial charge in [-0.2, -0.15) is 18.3 Å². The number of H-pyrrole nitrogens is 1. The minimum atomic E-state index is -4.58. The number of hydrogen-bond donors (Lipinski definition) is 3. The molecule has 0 saturated carbocycles. The zero-order valence-electron chi connectivity index (χ0n) is 20.6. The highest BCUT2D eigenvalue weighted by Gasteiger charge is 2.32. The summed E-state index contributed by atoms with van der Waals surface area (Å²) in [7, 11) is 0. The molecule has 0 aliphatic carbocycles. The predicted octanol–water partition coefficient (Wildman–Crippen LogP) is 7.06. The van der Waals surface area contributed by atoms with E-state index in [0.717, 1.165) is 43.0 Å². The second kappa shape index (κ2) is 11.0. The summed E-state index contributed by atoms with van der Waals surface area (Å²) in [5.74, 6) is -0.497. The van der Waals surface area contributed by atoms with Crippen LogP contribution in [0.2, 0.25) is 0 Å². The predicted molar refractivity (Wildman–Crippen MR) is 138 cm³/mol. The summed E-state index contributed by atoms with van der Waals surface area (Å²) in [6.45, 7) is 1.29. The van der Waals surface area contributed by atoms with E-state index in [1.54, 1.807) is 24.5 Å². The highest BCUT2D eigenvalue weighted by atomic mass is 19.4. The molecule has 1 saturated heterocycles. The van der Waals surface area contributed by atoms with Crippen molar-refractivity contribution in [2.75, 3.05) is 28.6 Å². The van der Waals surface area contributed by atoms with E-state index < -0.39 is 23.6 Å². The average molecular weight is 541 g/mol. The lowest BCUT2D eigenvalue weighted by Gasteiger charge is -2.29. The van der Waals surface area contributed by atoms with Crippen LogP contribution in [-0.4, -0.2) is 34.3 Å². The maximum atomic E-state index is 14.8. The maximum absolute atomic E-state index is 14.8. The molecule has 3 heterocycles. The summed E-state index contributed by atoms with van der Waals surface area (Å²) < 4.78 is 61.0. The monoisotopic (exact) mass is 540 g/mol. The summed E-state index contributed by atoms with van der Waals surface area (Å²) in [5.41, 5.74) is 0.911.